The summed E-state index contributed by atoms with van der Waals surface area (Å²) < 4.78 is 11.7. The highest BCUT2D eigenvalue weighted by Gasteiger charge is 2.14. The molecule has 0 aliphatic carbocycles. The normalized spacial score (nSPS) is 11.5. The predicted octanol–water partition coefficient (Wildman–Crippen LogP) is 4.86. The van der Waals surface area contributed by atoms with Crippen LogP contribution in [0.5, 0.6) is 0 Å². The van der Waals surface area contributed by atoms with Gasteiger partial charge in [-0.3, -0.25) is 0 Å². The van der Waals surface area contributed by atoms with Crippen LogP contribution in [0, 0.1) is 13.8 Å². The van der Waals surface area contributed by atoms with Gasteiger partial charge in [0, 0.05) is 5.39 Å². The van der Waals surface area contributed by atoms with Gasteiger partial charge >= 0.3 is 0 Å². The number of oxazole rings is 1. The summed E-state index contributed by atoms with van der Waals surface area (Å²) in [6.07, 6.45) is 0. The van der Waals surface area contributed by atoms with Crippen molar-refractivity contribution < 1.29 is 8.83 Å². The fourth-order valence-electron chi connectivity index (χ4n) is 2.57. The van der Waals surface area contributed by atoms with E-state index in [4.69, 9.17) is 8.83 Å². The van der Waals surface area contributed by atoms with Gasteiger partial charge in [0.15, 0.2) is 11.3 Å². The highest BCUT2D eigenvalue weighted by atomic mass is 16.4. The maximum Gasteiger partial charge on any atom is 0.264 e. The van der Waals surface area contributed by atoms with Crippen LogP contribution < -0.4 is 0 Å². The Bertz CT molecular complexity index is 898. The minimum Gasteiger partial charge on any atom is -0.451 e. The summed E-state index contributed by atoms with van der Waals surface area (Å²) in [5.41, 5.74) is 4.82. The van der Waals surface area contributed by atoms with Gasteiger partial charge in [-0.2, -0.15) is 0 Å². The predicted molar refractivity (Wildman–Crippen MR) is 78.7 cm³/mol. The number of nitrogens with zero attached hydrogens (tertiary/aromatic N) is 1. The average molecular weight is 263 g/mol. The van der Waals surface area contributed by atoms with E-state index in [2.05, 4.69) is 18.0 Å². The molecule has 3 heteroatoms. The van der Waals surface area contributed by atoms with Gasteiger partial charge in [-0.15, -0.1) is 0 Å². The molecule has 0 N–H and O–H groups in total. The largest absolute Gasteiger partial charge is 0.451 e. The molecule has 0 radical (unpaired) electrons. The van der Waals surface area contributed by atoms with E-state index >= 15 is 0 Å². The Labute approximate surface area is 115 Å². The molecule has 4 aromatic rings. The van der Waals surface area contributed by atoms with E-state index in [9.17, 15) is 0 Å². The molecule has 98 valence electrons. The molecule has 0 fully saturated rings. The van der Waals surface area contributed by atoms with Crippen molar-refractivity contribution >= 4 is 22.1 Å². The van der Waals surface area contributed by atoms with Crippen molar-refractivity contribution in [3.05, 3.63) is 53.6 Å². The van der Waals surface area contributed by atoms with Crippen LogP contribution in [0.3, 0.4) is 0 Å². The number of hydrogen-bond donors (Lipinski definition) is 0. The Kier molecular flexibility index (Phi) is 2.24. The van der Waals surface area contributed by atoms with Crippen molar-refractivity contribution in [1.82, 2.24) is 4.98 Å². The van der Waals surface area contributed by atoms with Crippen molar-refractivity contribution in [2.75, 3.05) is 0 Å². The van der Waals surface area contributed by atoms with Gasteiger partial charge in [-0.25, -0.2) is 4.98 Å². The van der Waals surface area contributed by atoms with Crippen LogP contribution in [0.15, 0.2) is 51.3 Å². The second-order valence-electron chi connectivity index (χ2n) is 5.10. The monoisotopic (exact) mass is 263 g/mol. The summed E-state index contributed by atoms with van der Waals surface area (Å²) in [5, 5.41) is 1.05. The summed E-state index contributed by atoms with van der Waals surface area (Å²) >= 11 is 0. The highest BCUT2D eigenvalue weighted by Crippen LogP contribution is 2.31. The number of rotatable bonds is 1. The van der Waals surface area contributed by atoms with Gasteiger partial charge < -0.3 is 8.83 Å². The Morgan fingerprint density at radius 1 is 0.950 bits per heavy atom. The van der Waals surface area contributed by atoms with Crippen molar-refractivity contribution in [3.63, 3.8) is 0 Å². The second-order valence-corrected chi connectivity index (χ2v) is 5.10. The van der Waals surface area contributed by atoms with Crippen LogP contribution in [0.1, 0.15) is 11.1 Å². The van der Waals surface area contributed by atoms with Gasteiger partial charge in [0.25, 0.3) is 5.89 Å². The van der Waals surface area contributed by atoms with Crippen molar-refractivity contribution in [1.29, 1.82) is 0 Å². The molecule has 3 nitrogen and oxygen atoms in total. The number of hydrogen-bond acceptors (Lipinski definition) is 3. The Morgan fingerprint density at radius 2 is 1.80 bits per heavy atom. The van der Waals surface area contributed by atoms with Gasteiger partial charge in [0.2, 0.25) is 0 Å². The van der Waals surface area contributed by atoms with Gasteiger partial charge in [0.1, 0.15) is 11.1 Å². The number of aryl methyl sites for hydroxylation is 2. The SMILES string of the molecule is Cc1cc(C)c2oc(-c3cc4ccccc4o3)nc2c1. The van der Waals surface area contributed by atoms with Crippen molar-refractivity contribution in [2.24, 2.45) is 0 Å². The summed E-state index contributed by atoms with van der Waals surface area (Å²) in [6, 6.07) is 14.0. The first-order valence-electron chi connectivity index (χ1n) is 6.57. The van der Waals surface area contributed by atoms with Gasteiger partial charge in [-0.05, 0) is 43.2 Å². The topological polar surface area (TPSA) is 39.2 Å². The number of benzene rings is 2. The third kappa shape index (κ3) is 1.63. The first kappa shape index (κ1) is 11.3. The molecule has 0 bridgehead atoms. The first-order chi connectivity index (χ1) is 9.70. The van der Waals surface area contributed by atoms with E-state index in [1.54, 1.807) is 0 Å². The van der Waals surface area contributed by atoms with E-state index in [1.807, 2.05) is 43.3 Å². The lowest BCUT2D eigenvalue weighted by Gasteiger charge is -1.94. The molecular weight excluding hydrogens is 250 g/mol. The third-order valence-corrected chi connectivity index (χ3v) is 3.46. The Hall–Kier alpha value is -2.55. The maximum absolute atomic E-state index is 5.86. The fourth-order valence-corrected chi connectivity index (χ4v) is 2.57. The molecule has 2 heterocycles. The summed E-state index contributed by atoms with van der Waals surface area (Å²) in [7, 11) is 0. The molecule has 0 aliphatic rings. The van der Waals surface area contributed by atoms with E-state index in [0.717, 1.165) is 27.6 Å². The van der Waals surface area contributed by atoms with Gasteiger partial charge in [0.05, 0.1) is 0 Å². The minimum absolute atomic E-state index is 0.532. The smallest absolute Gasteiger partial charge is 0.264 e. The lowest BCUT2D eigenvalue weighted by atomic mass is 10.1. The van der Waals surface area contributed by atoms with Crippen LogP contribution in [-0.2, 0) is 0 Å². The van der Waals surface area contributed by atoms with Gasteiger partial charge in [-0.1, -0.05) is 24.3 Å². The molecule has 0 atom stereocenters. The van der Waals surface area contributed by atoms with Crippen LogP contribution in [0.2, 0.25) is 0 Å². The van der Waals surface area contributed by atoms with E-state index in [1.165, 1.54) is 5.56 Å². The number of fused-ring (bicyclic) bond motifs is 2. The summed E-state index contributed by atoms with van der Waals surface area (Å²) in [5.74, 6) is 1.20. The zero-order valence-electron chi connectivity index (χ0n) is 11.3. The average Bonchev–Trinajstić information content (AvgIpc) is 3.01. The molecule has 0 amide bonds. The molecule has 0 saturated carbocycles. The quantitative estimate of drug-likeness (QED) is 0.492. The van der Waals surface area contributed by atoms with Crippen molar-refractivity contribution in [2.45, 2.75) is 13.8 Å². The summed E-state index contributed by atoms with van der Waals surface area (Å²) in [4.78, 5) is 4.54. The second kappa shape index (κ2) is 3.97. The maximum atomic E-state index is 5.86. The molecule has 2 aromatic carbocycles. The third-order valence-electron chi connectivity index (χ3n) is 3.46. The minimum atomic E-state index is 0.532. The molecule has 0 aliphatic heterocycles. The van der Waals surface area contributed by atoms with Crippen LogP contribution in [0.4, 0.5) is 0 Å². The van der Waals surface area contributed by atoms with E-state index in [0.29, 0.717) is 11.7 Å². The number of aromatic nitrogens is 1. The standard InChI is InChI=1S/C17H13NO2/c1-10-7-11(2)16-13(8-10)18-17(20-16)15-9-12-5-3-4-6-14(12)19-15/h3-9H,1-2H3. The molecular formula is C17H13NO2. The van der Waals surface area contributed by atoms with Crippen LogP contribution in [-0.4, -0.2) is 4.98 Å². The fraction of sp³-hybridized carbons (Fsp3) is 0.118. The van der Waals surface area contributed by atoms with E-state index in [-0.39, 0.29) is 0 Å². The number of para-hydroxylation sites is 1. The molecule has 0 saturated heterocycles. The lowest BCUT2D eigenvalue weighted by Crippen LogP contribution is -1.77. The van der Waals surface area contributed by atoms with Crippen LogP contribution >= 0.6 is 0 Å². The first-order valence-corrected chi connectivity index (χ1v) is 6.57. The highest BCUT2D eigenvalue weighted by molar-refractivity contribution is 5.84. The Morgan fingerprint density at radius 3 is 2.65 bits per heavy atom. The molecule has 0 unspecified atom stereocenters. The zero-order valence-corrected chi connectivity index (χ0v) is 11.3. The zero-order chi connectivity index (χ0) is 13.7. The lowest BCUT2D eigenvalue weighted by molar-refractivity contribution is 0.558. The van der Waals surface area contributed by atoms with Crippen LogP contribution in [0.25, 0.3) is 33.7 Å². The van der Waals surface area contributed by atoms with E-state index < -0.39 is 0 Å². The molecule has 4 rings (SSSR count). The Balaban J connectivity index is 1.95. The number of furan rings is 1. The molecule has 20 heavy (non-hydrogen) atoms. The summed E-state index contributed by atoms with van der Waals surface area (Å²) in [6.45, 7) is 4.09. The molecule has 0 spiro atoms. The molecule has 2 aromatic heterocycles. The van der Waals surface area contributed by atoms with Crippen molar-refractivity contribution in [3.8, 4) is 11.7 Å².